The van der Waals surface area contributed by atoms with Crippen LogP contribution in [0.1, 0.15) is 23.1 Å². The third-order valence-electron chi connectivity index (χ3n) is 4.32. The van der Waals surface area contributed by atoms with Gasteiger partial charge in [0, 0.05) is 18.1 Å². The molecule has 3 nitrogen and oxygen atoms in total. The van der Waals surface area contributed by atoms with Crippen LogP contribution in [0.15, 0.2) is 85.2 Å². The summed E-state index contributed by atoms with van der Waals surface area (Å²) < 4.78 is 0. The minimum absolute atomic E-state index is 0.0130. The summed E-state index contributed by atoms with van der Waals surface area (Å²) in [6.45, 7) is 0. The number of hydrogen-bond donors (Lipinski definition) is 0. The molecule has 0 saturated carbocycles. The Bertz CT molecular complexity index is 753. The molecule has 1 aliphatic heterocycles. The second kappa shape index (κ2) is 5.69. The fraction of sp³-hybridized carbons (Fsp3) is 0.100. The van der Waals surface area contributed by atoms with Gasteiger partial charge < -0.3 is 4.90 Å². The number of nitrogens with zero attached hydrogens (tertiary/aromatic N) is 2. The summed E-state index contributed by atoms with van der Waals surface area (Å²) in [5.41, 5.74) is 3.04. The van der Waals surface area contributed by atoms with Crippen molar-refractivity contribution >= 4 is 11.6 Å². The first-order valence-corrected chi connectivity index (χ1v) is 7.69. The number of rotatable bonds is 3. The van der Waals surface area contributed by atoms with Gasteiger partial charge in [0.05, 0.1) is 12.0 Å². The third kappa shape index (κ3) is 2.30. The molecule has 1 amide bonds. The van der Waals surface area contributed by atoms with Crippen LogP contribution < -0.4 is 4.90 Å². The number of pyridine rings is 1. The standard InChI is InChI=1S/C20H16N2O/c23-20-18(15-8-3-1-4-9-15)19(16-10-7-13-21-14-16)22(20)17-11-5-2-6-12-17/h1-14,18-19H/t18-,19+/m0/s1. The molecule has 23 heavy (non-hydrogen) atoms. The average Bonchev–Trinajstić information content (AvgIpc) is 2.62. The van der Waals surface area contributed by atoms with Gasteiger partial charge in [-0.15, -0.1) is 0 Å². The Labute approximate surface area is 135 Å². The van der Waals surface area contributed by atoms with Gasteiger partial charge in [-0.05, 0) is 29.3 Å². The molecule has 0 spiro atoms. The lowest BCUT2D eigenvalue weighted by Crippen LogP contribution is -2.53. The molecule has 0 unspecified atom stereocenters. The van der Waals surface area contributed by atoms with Crippen LogP contribution in [0, 0.1) is 0 Å². The predicted octanol–water partition coefficient (Wildman–Crippen LogP) is 3.95. The zero-order valence-corrected chi connectivity index (χ0v) is 12.5. The fourth-order valence-electron chi connectivity index (χ4n) is 3.24. The highest BCUT2D eigenvalue weighted by molar-refractivity contribution is 6.06. The van der Waals surface area contributed by atoms with Crippen molar-refractivity contribution in [3.8, 4) is 0 Å². The van der Waals surface area contributed by atoms with Gasteiger partial charge in [-0.2, -0.15) is 0 Å². The van der Waals surface area contributed by atoms with E-state index in [4.69, 9.17) is 0 Å². The number of benzene rings is 2. The van der Waals surface area contributed by atoms with Crippen molar-refractivity contribution in [3.63, 3.8) is 0 Å². The molecular weight excluding hydrogens is 284 g/mol. The minimum Gasteiger partial charge on any atom is -0.303 e. The Morgan fingerprint density at radius 2 is 1.43 bits per heavy atom. The number of carbonyl (C=O) groups excluding carboxylic acids is 1. The highest BCUT2D eigenvalue weighted by atomic mass is 16.2. The lowest BCUT2D eigenvalue weighted by Gasteiger charge is -2.47. The molecular formula is C20H16N2O. The maximum Gasteiger partial charge on any atom is 0.237 e. The van der Waals surface area contributed by atoms with Crippen molar-refractivity contribution in [1.29, 1.82) is 0 Å². The van der Waals surface area contributed by atoms with Crippen molar-refractivity contribution in [2.24, 2.45) is 0 Å². The Balaban J connectivity index is 1.78. The summed E-state index contributed by atoms with van der Waals surface area (Å²) in [5, 5.41) is 0. The molecule has 1 aromatic heterocycles. The van der Waals surface area contributed by atoms with Gasteiger partial charge in [-0.1, -0.05) is 54.6 Å². The van der Waals surface area contributed by atoms with Crippen molar-refractivity contribution < 1.29 is 4.79 Å². The van der Waals surface area contributed by atoms with Crippen LogP contribution in [-0.2, 0) is 4.79 Å². The van der Waals surface area contributed by atoms with Crippen molar-refractivity contribution in [3.05, 3.63) is 96.3 Å². The van der Waals surface area contributed by atoms with Crippen LogP contribution in [0.3, 0.4) is 0 Å². The second-order valence-corrected chi connectivity index (χ2v) is 5.66. The van der Waals surface area contributed by atoms with Crippen LogP contribution in [0.25, 0.3) is 0 Å². The van der Waals surface area contributed by atoms with E-state index in [1.807, 2.05) is 83.9 Å². The van der Waals surface area contributed by atoms with Gasteiger partial charge in [-0.25, -0.2) is 0 Å². The van der Waals surface area contributed by atoms with Crippen LogP contribution in [0.2, 0.25) is 0 Å². The van der Waals surface area contributed by atoms with E-state index in [-0.39, 0.29) is 17.9 Å². The number of β-lactam (4-membered cyclic amide) rings is 1. The highest BCUT2D eigenvalue weighted by Gasteiger charge is 2.49. The Morgan fingerprint density at radius 1 is 0.783 bits per heavy atom. The zero-order chi connectivity index (χ0) is 15.6. The summed E-state index contributed by atoms with van der Waals surface area (Å²) in [6, 6.07) is 23.7. The molecule has 2 aromatic carbocycles. The number of aromatic nitrogens is 1. The lowest BCUT2D eigenvalue weighted by molar-refractivity contribution is -0.126. The van der Waals surface area contributed by atoms with E-state index in [0.29, 0.717) is 0 Å². The van der Waals surface area contributed by atoms with E-state index in [1.165, 1.54) is 0 Å². The third-order valence-corrected chi connectivity index (χ3v) is 4.32. The van der Waals surface area contributed by atoms with Gasteiger partial charge in [0.1, 0.15) is 0 Å². The van der Waals surface area contributed by atoms with Crippen molar-refractivity contribution in [2.45, 2.75) is 12.0 Å². The molecule has 0 N–H and O–H groups in total. The Kier molecular flexibility index (Phi) is 3.39. The van der Waals surface area contributed by atoms with Crippen molar-refractivity contribution in [1.82, 2.24) is 4.98 Å². The van der Waals surface area contributed by atoms with E-state index in [1.54, 1.807) is 6.20 Å². The average molecular weight is 300 g/mol. The highest BCUT2D eigenvalue weighted by Crippen LogP contribution is 2.48. The summed E-state index contributed by atoms with van der Waals surface area (Å²) in [7, 11) is 0. The molecule has 3 heteroatoms. The smallest absolute Gasteiger partial charge is 0.237 e. The van der Waals surface area contributed by atoms with Gasteiger partial charge in [0.25, 0.3) is 0 Å². The van der Waals surface area contributed by atoms with E-state index in [9.17, 15) is 4.79 Å². The molecule has 2 heterocycles. The van der Waals surface area contributed by atoms with E-state index in [2.05, 4.69) is 4.98 Å². The summed E-state index contributed by atoms with van der Waals surface area (Å²) in [5.74, 6) is -0.0168. The number of amides is 1. The van der Waals surface area contributed by atoms with Gasteiger partial charge in [-0.3, -0.25) is 9.78 Å². The maximum atomic E-state index is 12.9. The number of para-hydroxylation sites is 1. The molecule has 0 aliphatic carbocycles. The molecule has 0 bridgehead atoms. The number of anilines is 1. The summed E-state index contributed by atoms with van der Waals surface area (Å²) >= 11 is 0. The predicted molar refractivity (Wildman–Crippen MR) is 90.1 cm³/mol. The Hall–Kier alpha value is -2.94. The normalized spacial score (nSPS) is 20.2. The van der Waals surface area contributed by atoms with Crippen LogP contribution in [-0.4, -0.2) is 10.9 Å². The van der Waals surface area contributed by atoms with E-state index >= 15 is 0 Å². The fourth-order valence-corrected chi connectivity index (χ4v) is 3.24. The summed E-state index contributed by atoms with van der Waals surface area (Å²) in [6.07, 6.45) is 3.61. The maximum absolute atomic E-state index is 12.9. The van der Waals surface area contributed by atoms with E-state index in [0.717, 1.165) is 16.8 Å². The molecule has 1 saturated heterocycles. The first kappa shape index (κ1) is 13.7. The summed E-state index contributed by atoms with van der Waals surface area (Å²) in [4.78, 5) is 19.0. The first-order valence-electron chi connectivity index (χ1n) is 7.69. The minimum atomic E-state index is -0.152. The SMILES string of the molecule is O=C1[C@@H](c2ccccc2)[C@@H](c2cccnc2)N1c1ccccc1. The molecule has 1 aliphatic rings. The molecule has 112 valence electrons. The van der Waals surface area contributed by atoms with Gasteiger partial charge in [0.2, 0.25) is 5.91 Å². The monoisotopic (exact) mass is 300 g/mol. The first-order chi connectivity index (χ1) is 11.4. The largest absolute Gasteiger partial charge is 0.303 e. The number of hydrogen-bond acceptors (Lipinski definition) is 2. The lowest BCUT2D eigenvalue weighted by atomic mass is 9.78. The van der Waals surface area contributed by atoms with Gasteiger partial charge >= 0.3 is 0 Å². The topological polar surface area (TPSA) is 33.2 Å². The van der Waals surface area contributed by atoms with Gasteiger partial charge in [0.15, 0.2) is 0 Å². The van der Waals surface area contributed by atoms with Crippen LogP contribution >= 0.6 is 0 Å². The molecule has 0 radical (unpaired) electrons. The van der Waals surface area contributed by atoms with E-state index < -0.39 is 0 Å². The molecule has 1 fully saturated rings. The Morgan fingerprint density at radius 3 is 2.09 bits per heavy atom. The van der Waals surface area contributed by atoms with Crippen LogP contribution in [0.4, 0.5) is 5.69 Å². The van der Waals surface area contributed by atoms with Crippen molar-refractivity contribution in [2.75, 3.05) is 4.90 Å². The quantitative estimate of drug-likeness (QED) is 0.686. The zero-order valence-electron chi connectivity index (χ0n) is 12.5. The second-order valence-electron chi connectivity index (χ2n) is 5.66. The van der Waals surface area contributed by atoms with Crippen LogP contribution in [0.5, 0.6) is 0 Å². The molecule has 4 rings (SSSR count). The molecule has 3 aromatic rings. The number of carbonyl (C=O) groups is 1. The molecule has 2 atom stereocenters.